The van der Waals surface area contributed by atoms with Crippen LogP contribution in [0.15, 0.2) is 108 Å². The fourth-order valence-corrected chi connectivity index (χ4v) is 4.65. The predicted molar refractivity (Wildman–Crippen MR) is 155 cm³/mol. The maximum Gasteiger partial charge on any atom is -1.00 e. The first-order valence-corrected chi connectivity index (χ1v) is 18.7. The zero-order valence-corrected chi connectivity index (χ0v) is 27.4. The van der Waals surface area contributed by atoms with Gasteiger partial charge in [-0.25, -0.2) is 11.1 Å². The molecule has 0 fully saturated rings. The molecular formula is C34H32Cl2SiZr-2. The van der Waals surface area contributed by atoms with Gasteiger partial charge in [0.25, 0.3) is 0 Å². The molecule has 0 amide bonds. The summed E-state index contributed by atoms with van der Waals surface area (Å²) in [4.78, 5) is 0. The standard InChI is InChI=1S/2C16H13.C2H6Si.2ClH.Zr/c2*1-12-6-4-10-14(12)16-11-5-8-13-7-2-3-9-15(13)16;1-3-2;;;/h2*2-3,5,7-11H,4H2,1H3;1-2H3;2*1H;/q2*-1;;;;+2/p-2. The van der Waals surface area contributed by atoms with Gasteiger partial charge in [-0.2, -0.15) is 23.3 Å². The molecule has 192 valence electrons. The van der Waals surface area contributed by atoms with E-state index in [2.05, 4.69) is 136 Å². The van der Waals surface area contributed by atoms with E-state index in [1.165, 1.54) is 55.0 Å². The molecule has 0 atom stereocenters. The number of halogens is 2. The Morgan fingerprint density at radius 2 is 0.921 bits per heavy atom. The summed E-state index contributed by atoms with van der Waals surface area (Å²) >= 11 is 1.74. The van der Waals surface area contributed by atoms with Crippen LogP contribution in [0.2, 0.25) is 13.1 Å². The molecule has 0 aliphatic heterocycles. The minimum absolute atomic E-state index is 0. The molecule has 0 N–H and O–H groups in total. The van der Waals surface area contributed by atoms with E-state index in [1.54, 1.807) is 23.3 Å². The van der Waals surface area contributed by atoms with Gasteiger partial charge in [0.2, 0.25) is 0 Å². The molecule has 38 heavy (non-hydrogen) atoms. The minimum atomic E-state index is 0. The van der Waals surface area contributed by atoms with Crippen molar-refractivity contribution in [2.75, 3.05) is 0 Å². The molecule has 0 saturated heterocycles. The Balaban J connectivity index is 0.000000224. The number of hydrogen-bond acceptors (Lipinski definition) is 0. The van der Waals surface area contributed by atoms with Gasteiger partial charge in [-0.3, -0.25) is 12.2 Å². The zero-order valence-electron chi connectivity index (χ0n) is 22.4. The number of benzene rings is 4. The Morgan fingerprint density at radius 3 is 1.26 bits per heavy atom. The molecule has 0 saturated carbocycles. The van der Waals surface area contributed by atoms with E-state index in [-0.39, 0.29) is 30.2 Å². The van der Waals surface area contributed by atoms with E-state index in [4.69, 9.17) is 0 Å². The van der Waals surface area contributed by atoms with Crippen LogP contribution in [-0.2, 0) is 23.3 Å². The molecule has 0 unspecified atom stereocenters. The second-order valence-electron chi connectivity index (χ2n) is 9.30. The summed E-state index contributed by atoms with van der Waals surface area (Å²) in [6.07, 6.45) is 13.1. The van der Waals surface area contributed by atoms with Crippen LogP contribution in [0.5, 0.6) is 0 Å². The summed E-state index contributed by atoms with van der Waals surface area (Å²) in [5.74, 6) is 0. The van der Waals surface area contributed by atoms with Crippen LogP contribution in [0, 0.1) is 12.2 Å². The third-order valence-corrected chi connectivity index (χ3v) is 6.31. The van der Waals surface area contributed by atoms with Crippen LogP contribution in [0.25, 0.3) is 32.7 Å². The van der Waals surface area contributed by atoms with Gasteiger partial charge < -0.3 is 24.8 Å². The molecule has 0 nitrogen and oxygen atoms in total. The van der Waals surface area contributed by atoms with Crippen molar-refractivity contribution >= 4 is 38.1 Å². The van der Waals surface area contributed by atoms with Crippen molar-refractivity contribution < 1.29 is 48.1 Å². The Morgan fingerprint density at radius 1 is 0.579 bits per heavy atom. The molecule has 0 spiro atoms. The van der Waals surface area contributed by atoms with E-state index in [0.29, 0.717) is 0 Å². The quantitative estimate of drug-likeness (QED) is 0.235. The minimum Gasteiger partial charge on any atom is -1.00 e. The monoisotopic (exact) mass is 628 g/mol. The summed E-state index contributed by atoms with van der Waals surface area (Å²) in [5.41, 5.74) is 8.12. The molecular weight excluding hydrogens is 599 g/mol. The molecule has 4 aromatic rings. The number of hydrogen-bond donors (Lipinski definition) is 0. The third kappa shape index (κ3) is 8.03. The van der Waals surface area contributed by atoms with Crippen LogP contribution < -0.4 is 24.8 Å². The second-order valence-corrected chi connectivity index (χ2v) is 18.7. The first-order chi connectivity index (χ1) is 17.5. The van der Waals surface area contributed by atoms with Gasteiger partial charge in [-0.15, -0.1) is 12.8 Å². The molecule has 0 bridgehead atoms. The predicted octanol–water partition coefficient (Wildman–Crippen LogP) is 3.55. The zero-order chi connectivity index (χ0) is 25.5. The van der Waals surface area contributed by atoms with Gasteiger partial charge in [0.15, 0.2) is 0 Å². The third-order valence-electron chi connectivity index (χ3n) is 6.31. The normalized spacial score (nSPS) is 13.4. The van der Waals surface area contributed by atoms with Crippen molar-refractivity contribution in [1.29, 1.82) is 0 Å². The number of fused-ring (bicyclic) bond motifs is 2. The van der Waals surface area contributed by atoms with Crippen molar-refractivity contribution in [3.05, 3.63) is 132 Å². The van der Waals surface area contributed by atoms with E-state index >= 15 is 0 Å². The molecule has 2 aliphatic rings. The molecule has 2 aliphatic carbocycles. The van der Waals surface area contributed by atoms with Crippen LogP contribution in [0.3, 0.4) is 0 Å². The van der Waals surface area contributed by atoms with Crippen LogP contribution in [0.1, 0.15) is 37.8 Å². The maximum absolute atomic E-state index is 3.36. The molecule has 6 rings (SSSR count). The Hall–Kier alpha value is -1.96. The van der Waals surface area contributed by atoms with Crippen LogP contribution >= 0.6 is 0 Å². The van der Waals surface area contributed by atoms with Gasteiger partial charge in [0, 0.05) is 0 Å². The summed E-state index contributed by atoms with van der Waals surface area (Å²) in [5, 5.41) is 5.28. The van der Waals surface area contributed by atoms with Crippen molar-refractivity contribution in [3.8, 4) is 0 Å². The van der Waals surface area contributed by atoms with E-state index < -0.39 is 0 Å². The average molecular weight is 631 g/mol. The molecule has 4 heteroatoms. The van der Waals surface area contributed by atoms with Crippen molar-refractivity contribution in [2.24, 2.45) is 0 Å². The molecule has 0 radical (unpaired) electrons. The van der Waals surface area contributed by atoms with Crippen LogP contribution in [-0.4, -0.2) is 5.43 Å². The van der Waals surface area contributed by atoms with E-state index in [0.717, 1.165) is 12.8 Å². The molecule has 0 heterocycles. The number of rotatable bonds is 2. The number of allylic oxidation sites excluding steroid dienone is 8. The average Bonchev–Trinajstić information content (AvgIpc) is 3.51. The SMILES string of the molecule is CC1=[C-]CC=C1c1cccc2ccccc12.CC1=[C-]CC=C1c1cccc2ccccc12.C[Si](C)=[Zr+2].[Cl-].[Cl-]. The summed E-state index contributed by atoms with van der Waals surface area (Å²) in [6.45, 7) is 8.90. The Kier molecular flexibility index (Phi) is 13.2. The van der Waals surface area contributed by atoms with E-state index in [9.17, 15) is 0 Å². The fraction of sp³-hybridized carbons (Fsp3) is 0.176. The first kappa shape index (κ1) is 32.3. The smallest absolute Gasteiger partial charge is 1.00 e. The molecule has 4 aromatic carbocycles. The van der Waals surface area contributed by atoms with Gasteiger partial charge >= 0.3 is 41.9 Å². The summed E-state index contributed by atoms with van der Waals surface area (Å²) in [6, 6.07) is 30.1. The van der Waals surface area contributed by atoms with Crippen LogP contribution in [0.4, 0.5) is 0 Å². The van der Waals surface area contributed by atoms with Gasteiger partial charge in [0.05, 0.1) is 0 Å². The Labute approximate surface area is 255 Å². The Bertz CT molecular complexity index is 1420. The summed E-state index contributed by atoms with van der Waals surface area (Å²) in [7, 11) is 0. The molecule has 0 aromatic heterocycles. The topological polar surface area (TPSA) is 0 Å². The van der Waals surface area contributed by atoms with Crippen molar-refractivity contribution in [3.63, 3.8) is 0 Å². The van der Waals surface area contributed by atoms with Gasteiger partial charge in [-0.1, -0.05) is 110 Å². The van der Waals surface area contributed by atoms with E-state index in [1.807, 2.05) is 0 Å². The summed E-state index contributed by atoms with van der Waals surface area (Å²) < 4.78 is 0. The fourth-order valence-electron chi connectivity index (χ4n) is 4.65. The van der Waals surface area contributed by atoms with Crippen molar-refractivity contribution in [1.82, 2.24) is 0 Å². The van der Waals surface area contributed by atoms with Gasteiger partial charge in [0.1, 0.15) is 0 Å². The van der Waals surface area contributed by atoms with Crippen molar-refractivity contribution in [2.45, 2.75) is 39.8 Å². The largest absolute Gasteiger partial charge is 1.00 e. The van der Waals surface area contributed by atoms with Gasteiger partial charge in [-0.05, 0) is 21.5 Å². The first-order valence-electron chi connectivity index (χ1n) is 12.5. The second kappa shape index (κ2) is 15.6. The maximum atomic E-state index is 3.36.